The number of allylic oxidation sites excluding steroid dienone is 1. The van der Waals surface area contributed by atoms with Crippen LogP contribution < -0.4 is 9.64 Å². The lowest BCUT2D eigenvalue weighted by molar-refractivity contribution is -0.126. The fraction of sp³-hybridized carbons (Fsp3) is 0.250. The second kappa shape index (κ2) is 8.29. The van der Waals surface area contributed by atoms with Crippen LogP contribution in [-0.4, -0.2) is 54.9 Å². The Kier molecular flexibility index (Phi) is 5.63. The van der Waals surface area contributed by atoms with Gasteiger partial charge >= 0.3 is 0 Å². The summed E-state index contributed by atoms with van der Waals surface area (Å²) in [6.45, 7) is 2.74. The van der Waals surface area contributed by atoms with Gasteiger partial charge in [0.2, 0.25) is 5.91 Å². The molecule has 1 aliphatic rings. The Labute approximate surface area is 152 Å². The second-order valence-corrected chi connectivity index (χ2v) is 5.95. The molecular weight excluding hydrogens is 330 g/mol. The molecule has 1 fully saturated rings. The first-order valence-electron chi connectivity index (χ1n) is 8.48. The van der Waals surface area contributed by atoms with Crippen molar-refractivity contribution in [3.8, 4) is 5.75 Å². The molecule has 0 N–H and O–H groups in total. The van der Waals surface area contributed by atoms with Crippen molar-refractivity contribution in [3.63, 3.8) is 0 Å². The third-order valence-corrected chi connectivity index (χ3v) is 4.35. The number of amides is 1. The summed E-state index contributed by atoms with van der Waals surface area (Å²) in [5.41, 5.74) is 1.58. The predicted molar refractivity (Wildman–Crippen MR) is 99.5 cm³/mol. The molecular formula is C20H21N3O3. The highest BCUT2D eigenvalue weighted by Crippen LogP contribution is 2.15. The van der Waals surface area contributed by atoms with E-state index in [0.717, 1.165) is 18.8 Å². The maximum Gasteiger partial charge on any atom is 0.246 e. The maximum atomic E-state index is 12.3. The van der Waals surface area contributed by atoms with Gasteiger partial charge in [-0.2, -0.15) is 0 Å². The Balaban J connectivity index is 1.53. The highest BCUT2D eigenvalue weighted by Gasteiger charge is 2.20. The van der Waals surface area contributed by atoms with Gasteiger partial charge < -0.3 is 14.5 Å². The number of aromatic nitrogens is 1. The van der Waals surface area contributed by atoms with Crippen molar-refractivity contribution in [1.29, 1.82) is 0 Å². The number of pyridine rings is 1. The van der Waals surface area contributed by atoms with E-state index in [9.17, 15) is 9.59 Å². The fourth-order valence-electron chi connectivity index (χ4n) is 2.83. The van der Waals surface area contributed by atoms with Crippen LogP contribution in [0.2, 0.25) is 0 Å². The number of anilines is 1. The highest BCUT2D eigenvalue weighted by molar-refractivity contribution is 6.07. The molecule has 1 aliphatic heterocycles. The molecule has 1 saturated heterocycles. The Morgan fingerprint density at radius 1 is 1.04 bits per heavy atom. The average molecular weight is 351 g/mol. The summed E-state index contributed by atoms with van der Waals surface area (Å²) >= 11 is 0. The van der Waals surface area contributed by atoms with Crippen LogP contribution in [0.1, 0.15) is 10.4 Å². The van der Waals surface area contributed by atoms with Crippen molar-refractivity contribution in [2.24, 2.45) is 0 Å². The normalized spacial score (nSPS) is 14.5. The molecule has 2 heterocycles. The van der Waals surface area contributed by atoms with E-state index in [1.165, 1.54) is 12.2 Å². The van der Waals surface area contributed by atoms with Gasteiger partial charge in [-0.1, -0.05) is 0 Å². The minimum absolute atomic E-state index is 0.141. The van der Waals surface area contributed by atoms with Crippen molar-refractivity contribution in [3.05, 3.63) is 66.5 Å². The molecule has 0 saturated carbocycles. The van der Waals surface area contributed by atoms with E-state index in [2.05, 4.69) is 9.88 Å². The first-order chi connectivity index (χ1) is 12.7. The van der Waals surface area contributed by atoms with E-state index in [1.54, 1.807) is 42.5 Å². The van der Waals surface area contributed by atoms with Gasteiger partial charge in [0.25, 0.3) is 0 Å². The van der Waals surface area contributed by atoms with Crippen molar-refractivity contribution in [1.82, 2.24) is 9.88 Å². The molecule has 134 valence electrons. The Hall–Kier alpha value is -3.15. The third-order valence-electron chi connectivity index (χ3n) is 4.35. The summed E-state index contributed by atoms with van der Waals surface area (Å²) in [6, 6.07) is 10.7. The summed E-state index contributed by atoms with van der Waals surface area (Å²) in [6.07, 6.45) is 6.25. The number of ether oxygens (including phenoxy) is 1. The SMILES string of the molecule is COc1ccc(C(=O)/C=C/C(=O)N2CCN(c3cccnc3)CC2)cc1. The topological polar surface area (TPSA) is 62.7 Å². The van der Waals surface area contributed by atoms with E-state index in [-0.39, 0.29) is 11.7 Å². The lowest BCUT2D eigenvalue weighted by Gasteiger charge is -2.35. The van der Waals surface area contributed by atoms with Crippen molar-refractivity contribution in [2.45, 2.75) is 0 Å². The molecule has 0 atom stereocenters. The molecule has 26 heavy (non-hydrogen) atoms. The average Bonchev–Trinajstić information content (AvgIpc) is 2.72. The van der Waals surface area contributed by atoms with Crippen LogP contribution in [0.3, 0.4) is 0 Å². The molecule has 6 heteroatoms. The molecule has 1 aromatic carbocycles. The molecule has 3 rings (SSSR count). The molecule has 0 unspecified atom stereocenters. The van der Waals surface area contributed by atoms with Crippen molar-refractivity contribution >= 4 is 17.4 Å². The zero-order chi connectivity index (χ0) is 18.4. The highest BCUT2D eigenvalue weighted by atomic mass is 16.5. The van der Waals surface area contributed by atoms with Gasteiger partial charge in [0.1, 0.15) is 5.75 Å². The first-order valence-corrected chi connectivity index (χ1v) is 8.48. The largest absolute Gasteiger partial charge is 0.497 e. The monoisotopic (exact) mass is 351 g/mol. The first kappa shape index (κ1) is 17.7. The number of carbonyl (C=O) groups is 2. The molecule has 1 aromatic heterocycles. The smallest absolute Gasteiger partial charge is 0.246 e. The van der Waals surface area contributed by atoms with E-state index in [1.807, 2.05) is 18.3 Å². The fourth-order valence-corrected chi connectivity index (χ4v) is 2.83. The number of ketones is 1. The van der Waals surface area contributed by atoms with E-state index in [0.29, 0.717) is 24.4 Å². The number of rotatable bonds is 5. The van der Waals surface area contributed by atoms with Crippen molar-refractivity contribution in [2.75, 3.05) is 38.2 Å². The van der Waals surface area contributed by atoms with Crippen LogP contribution in [0, 0.1) is 0 Å². The van der Waals surface area contributed by atoms with Gasteiger partial charge in [0, 0.05) is 44.0 Å². The predicted octanol–water partition coefficient (Wildman–Crippen LogP) is 2.18. The summed E-state index contributed by atoms with van der Waals surface area (Å²) < 4.78 is 5.07. The number of nitrogens with zero attached hydrogens (tertiary/aromatic N) is 3. The quantitative estimate of drug-likeness (QED) is 0.610. The summed E-state index contributed by atoms with van der Waals surface area (Å²) in [5.74, 6) is 0.348. The Bertz CT molecular complexity index is 780. The number of methoxy groups -OCH3 is 1. The van der Waals surface area contributed by atoms with E-state index >= 15 is 0 Å². The summed E-state index contributed by atoms with van der Waals surface area (Å²) in [7, 11) is 1.57. The van der Waals surface area contributed by atoms with Crippen LogP contribution in [0.4, 0.5) is 5.69 Å². The maximum absolute atomic E-state index is 12.3. The Morgan fingerprint density at radius 3 is 2.38 bits per heavy atom. The van der Waals surface area contributed by atoms with Crippen LogP contribution in [0.25, 0.3) is 0 Å². The molecule has 0 bridgehead atoms. The number of hydrogen-bond acceptors (Lipinski definition) is 5. The molecule has 2 aromatic rings. The number of piperazine rings is 1. The van der Waals surface area contributed by atoms with Crippen LogP contribution in [0.15, 0.2) is 60.9 Å². The Morgan fingerprint density at radius 2 is 1.77 bits per heavy atom. The third kappa shape index (κ3) is 4.27. The van der Waals surface area contributed by atoms with Crippen LogP contribution in [-0.2, 0) is 4.79 Å². The van der Waals surface area contributed by atoms with E-state index < -0.39 is 0 Å². The zero-order valence-corrected chi connectivity index (χ0v) is 14.7. The summed E-state index contributed by atoms with van der Waals surface area (Å²) in [4.78, 5) is 32.5. The second-order valence-electron chi connectivity index (χ2n) is 5.95. The van der Waals surface area contributed by atoms with Gasteiger partial charge in [-0.25, -0.2) is 0 Å². The minimum atomic E-state index is -0.199. The molecule has 6 nitrogen and oxygen atoms in total. The van der Waals surface area contributed by atoms with Gasteiger partial charge in [0.05, 0.1) is 19.0 Å². The number of benzene rings is 1. The van der Waals surface area contributed by atoms with Crippen molar-refractivity contribution < 1.29 is 14.3 Å². The molecule has 0 aliphatic carbocycles. The van der Waals surface area contributed by atoms with Crippen LogP contribution >= 0.6 is 0 Å². The molecule has 0 radical (unpaired) electrons. The van der Waals surface area contributed by atoms with Gasteiger partial charge in [0.15, 0.2) is 5.78 Å². The van der Waals surface area contributed by atoms with E-state index in [4.69, 9.17) is 4.74 Å². The number of carbonyl (C=O) groups excluding carboxylic acids is 2. The van der Waals surface area contributed by atoms with Gasteiger partial charge in [-0.3, -0.25) is 14.6 Å². The molecule has 0 spiro atoms. The van der Waals surface area contributed by atoms with Gasteiger partial charge in [-0.15, -0.1) is 0 Å². The lowest BCUT2D eigenvalue weighted by Crippen LogP contribution is -2.48. The summed E-state index contributed by atoms with van der Waals surface area (Å²) in [5, 5.41) is 0. The van der Waals surface area contributed by atoms with Gasteiger partial charge in [-0.05, 0) is 42.5 Å². The zero-order valence-electron chi connectivity index (χ0n) is 14.7. The minimum Gasteiger partial charge on any atom is -0.497 e. The molecule has 1 amide bonds. The van der Waals surface area contributed by atoms with Crippen LogP contribution in [0.5, 0.6) is 5.75 Å². The lowest BCUT2D eigenvalue weighted by atomic mass is 10.1. The standard InChI is InChI=1S/C20H21N3O3/c1-26-18-6-4-16(5-7-18)19(24)8-9-20(25)23-13-11-22(12-14-23)17-3-2-10-21-15-17/h2-10,15H,11-14H2,1H3/b9-8+. The number of hydrogen-bond donors (Lipinski definition) is 0.